The zero-order valence-corrected chi connectivity index (χ0v) is 13.6. The summed E-state index contributed by atoms with van der Waals surface area (Å²) in [5.41, 5.74) is 5.82. The van der Waals surface area contributed by atoms with E-state index < -0.39 is 0 Å². The zero-order valence-electron chi connectivity index (χ0n) is 12.8. The molecule has 1 aromatic carbocycles. The summed E-state index contributed by atoms with van der Waals surface area (Å²) in [6.45, 7) is 6.60. The van der Waals surface area contributed by atoms with Crippen LogP contribution in [0.3, 0.4) is 0 Å². The van der Waals surface area contributed by atoms with Crippen molar-refractivity contribution in [2.24, 2.45) is 5.10 Å². The van der Waals surface area contributed by atoms with Crippen molar-refractivity contribution in [2.45, 2.75) is 13.5 Å². The van der Waals surface area contributed by atoms with Gasteiger partial charge in [0.1, 0.15) is 0 Å². The van der Waals surface area contributed by atoms with Gasteiger partial charge < -0.3 is 4.57 Å². The molecule has 1 N–H and O–H groups in total. The molecule has 0 aliphatic rings. The maximum atomic E-state index is 11.9. The van der Waals surface area contributed by atoms with Crippen LogP contribution in [0, 0.1) is 6.92 Å². The first-order valence-electron chi connectivity index (χ1n) is 7.28. The van der Waals surface area contributed by atoms with Crippen LogP contribution in [0.1, 0.15) is 20.9 Å². The van der Waals surface area contributed by atoms with Crippen molar-refractivity contribution in [1.29, 1.82) is 0 Å². The number of para-hydroxylation sites is 1. The number of nitrogens with one attached hydrogen (secondary N) is 1. The van der Waals surface area contributed by atoms with Crippen LogP contribution in [-0.4, -0.2) is 16.7 Å². The molecule has 0 bridgehead atoms. The Hall–Kier alpha value is -2.66. The van der Waals surface area contributed by atoms with Crippen LogP contribution in [0.4, 0.5) is 0 Å². The van der Waals surface area contributed by atoms with Gasteiger partial charge in [-0.15, -0.1) is 17.9 Å². The van der Waals surface area contributed by atoms with Gasteiger partial charge in [-0.25, -0.2) is 5.43 Å². The molecule has 0 saturated carbocycles. The number of fused-ring (bicyclic) bond motifs is 1. The lowest BCUT2D eigenvalue weighted by Gasteiger charge is -2.03. The average molecular weight is 323 g/mol. The highest BCUT2D eigenvalue weighted by Crippen LogP contribution is 2.24. The van der Waals surface area contributed by atoms with E-state index in [4.69, 9.17) is 0 Å². The highest BCUT2D eigenvalue weighted by molar-refractivity contribution is 7.12. The number of hydrazone groups is 1. The summed E-state index contributed by atoms with van der Waals surface area (Å²) in [6, 6.07) is 11.8. The second-order valence-electron chi connectivity index (χ2n) is 5.09. The highest BCUT2D eigenvalue weighted by atomic mass is 32.1. The number of hydrogen-bond donors (Lipinski definition) is 1. The maximum absolute atomic E-state index is 11.9. The number of nitrogens with zero attached hydrogens (tertiary/aromatic N) is 2. The van der Waals surface area contributed by atoms with Crippen LogP contribution >= 0.6 is 11.3 Å². The Morgan fingerprint density at radius 3 is 2.91 bits per heavy atom. The Labute approximate surface area is 138 Å². The molecule has 0 spiro atoms. The maximum Gasteiger partial charge on any atom is 0.281 e. The van der Waals surface area contributed by atoms with Crippen LogP contribution in [0.15, 0.2) is 59.5 Å². The molecule has 0 atom stereocenters. The summed E-state index contributed by atoms with van der Waals surface area (Å²) in [5, 5.41) is 7.10. The normalized spacial score (nSPS) is 11.2. The van der Waals surface area contributed by atoms with Crippen molar-refractivity contribution in [3.63, 3.8) is 0 Å². The fourth-order valence-corrected chi connectivity index (χ4v) is 3.22. The fraction of sp³-hybridized carbons (Fsp3) is 0.111. The standard InChI is InChI=1S/C18H17N3OS/c1-3-10-21-13(2)15(14-7-4-5-8-16(14)21)12-19-20-18(22)17-9-6-11-23-17/h3-9,11-12H,1,10H2,2H3,(H,20,22)/b19-12+. The lowest BCUT2D eigenvalue weighted by molar-refractivity contribution is 0.0959. The largest absolute Gasteiger partial charge is 0.340 e. The summed E-state index contributed by atoms with van der Waals surface area (Å²) < 4.78 is 2.19. The van der Waals surface area contributed by atoms with Gasteiger partial charge in [-0.05, 0) is 24.4 Å². The zero-order chi connectivity index (χ0) is 16.2. The SMILES string of the molecule is C=CCn1c(C)c(/C=N/NC(=O)c2cccs2)c2ccccc21. The van der Waals surface area contributed by atoms with Crippen LogP contribution in [0.5, 0.6) is 0 Å². The molecule has 0 unspecified atom stereocenters. The summed E-state index contributed by atoms with van der Waals surface area (Å²) in [5.74, 6) is -0.191. The molecule has 0 aliphatic carbocycles. The van der Waals surface area contributed by atoms with Gasteiger partial charge in [0.2, 0.25) is 0 Å². The van der Waals surface area contributed by atoms with Gasteiger partial charge in [0.25, 0.3) is 5.91 Å². The molecule has 3 rings (SSSR count). The predicted octanol–water partition coefficient (Wildman–Crippen LogP) is 3.96. The quantitative estimate of drug-likeness (QED) is 0.431. The van der Waals surface area contributed by atoms with Crippen molar-refractivity contribution in [3.05, 3.63) is 70.6 Å². The van der Waals surface area contributed by atoms with Gasteiger partial charge in [0.05, 0.1) is 11.1 Å². The molecule has 0 radical (unpaired) electrons. The van der Waals surface area contributed by atoms with E-state index in [1.807, 2.05) is 36.6 Å². The number of aromatic nitrogens is 1. The summed E-state index contributed by atoms with van der Waals surface area (Å²) >= 11 is 1.39. The third-order valence-corrected chi connectivity index (χ3v) is 4.56. The van der Waals surface area contributed by atoms with Crippen LogP contribution in [-0.2, 0) is 6.54 Å². The van der Waals surface area contributed by atoms with Crippen LogP contribution in [0.25, 0.3) is 10.9 Å². The van der Waals surface area contributed by atoms with Gasteiger partial charge in [-0.1, -0.05) is 30.3 Å². The Kier molecular flexibility index (Phi) is 4.39. The minimum Gasteiger partial charge on any atom is -0.340 e. The number of allylic oxidation sites excluding steroid dienone is 1. The molecule has 2 heterocycles. The van der Waals surface area contributed by atoms with Gasteiger partial charge in [-0.2, -0.15) is 5.10 Å². The Morgan fingerprint density at radius 2 is 2.17 bits per heavy atom. The van der Waals surface area contributed by atoms with E-state index in [0.717, 1.165) is 28.7 Å². The smallest absolute Gasteiger partial charge is 0.281 e. The molecule has 0 saturated heterocycles. The van der Waals surface area contributed by atoms with E-state index in [2.05, 4.69) is 33.8 Å². The van der Waals surface area contributed by atoms with Crippen LogP contribution in [0.2, 0.25) is 0 Å². The van der Waals surface area contributed by atoms with Gasteiger partial charge >= 0.3 is 0 Å². The first-order valence-corrected chi connectivity index (χ1v) is 8.16. The Balaban J connectivity index is 1.90. The van der Waals surface area contributed by atoms with E-state index in [1.165, 1.54) is 11.3 Å². The Morgan fingerprint density at radius 1 is 1.35 bits per heavy atom. The van der Waals surface area contributed by atoms with E-state index in [9.17, 15) is 4.79 Å². The molecule has 5 heteroatoms. The number of benzene rings is 1. The van der Waals surface area contributed by atoms with Crippen molar-refractivity contribution in [3.8, 4) is 0 Å². The van der Waals surface area contributed by atoms with E-state index in [1.54, 1.807) is 12.3 Å². The Bertz CT molecular complexity index is 875. The number of thiophene rings is 1. The van der Waals surface area contributed by atoms with Crippen molar-refractivity contribution < 1.29 is 4.79 Å². The molecule has 2 aromatic heterocycles. The first kappa shape index (κ1) is 15.2. The van der Waals surface area contributed by atoms with Gasteiger partial charge in [0.15, 0.2) is 0 Å². The summed E-state index contributed by atoms with van der Waals surface area (Å²) in [6.07, 6.45) is 3.59. The molecule has 4 nitrogen and oxygen atoms in total. The summed E-state index contributed by atoms with van der Waals surface area (Å²) in [7, 11) is 0. The number of carbonyl (C=O) groups excluding carboxylic acids is 1. The minimum atomic E-state index is -0.191. The summed E-state index contributed by atoms with van der Waals surface area (Å²) in [4.78, 5) is 12.6. The molecule has 116 valence electrons. The molecule has 0 fully saturated rings. The molecular formula is C18H17N3OS. The number of amides is 1. The molecular weight excluding hydrogens is 306 g/mol. The minimum absolute atomic E-state index is 0.191. The van der Waals surface area contributed by atoms with Crippen molar-refractivity contribution in [2.75, 3.05) is 0 Å². The van der Waals surface area contributed by atoms with Gasteiger partial charge in [0, 0.05) is 28.7 Å². The van der Waals surface area contributed by atoms with Crippen molar-refractivity contribution >= 4 is 34.4 Å². The second kappa shape index (κ2) is 6.62. The molecule has 0 aliphatic heterocycles. The predicted molar refractivity (Wildman–Crippen MR) is 96.3 cm³/mol. The average Bonchev–Trinajstić information content (AvgIpc) is 3.18. The van der Waals surface area contributed by atoms with E-state index in [-0.39, 0.29) is 5.91 Å². The first-order chi connectivity index (χ1) is 11.2. The monoisotopic (exact) mass is 323 g/mol. The van der Waals surface area contributed by atoms with E-state index in [0.29, 0.717) is 4.88 Å². The molecule has 23 heavy (non-hydrogen) atoms. The van der Waals surface area contributed by atoms with Gasteiger partial charge in [-0.3, -0.25) is 4.79 Å². The highest BCUT2D eigenvalue weighted by Gasteiger charge is 2.11. The number of carbonyl (C=O) groups is 1. The fourth-order valence-electron chi connectivity index (χ4n) is 2.60. The third kappa shape index (κ3) is 2.96. The lowest BCUT2D eigenvalue weighted by atomic mass is 10.1. The number of rotatable bonds is 5. The third-order valence-electron chi connectivity index (χ3n) is 3.70. The second-order valence-corrected chi connectivity index (χ2v) is 6.04. The topological polar surface area (TPSA) is 46.4 Å². The van der Waals surface area contributed by atoms with Crippen LogP contribution < -0.4 is 5.43 Å². The van der Waals surface area contributed by atoms with Crippen molar-refractivity contribution in [1.82, 2.24) is 9.99 Å². The molecule has 1 amide bonds. The molecule has 3 aromatic rings. The number of hydrogen-bond acceptors (Lipinski definition) is 3. The van der Waals surface area contributed by atoms with E-state index >= 15 is 0 Å². The lowest BCUT2D eigenvalue weighted by Crippen LogP contribution is -2.16.